The van der Waals surface area contributed by atoms with Crippen LogP contribution in [0.4, 0.5) is 15.9 Å². The number of halogens is 2. The molecule has 0 saturated heterocycles. The van der Waals surface area contributed by atoms with Gasteiger partial charge in [-0.2, -0.15) is 0 Å². The monoisotopic (exact) mass is 407 g/mol. The zero-order chi connectivity index (χ0) is 20.4. The van der Waals surface area contributed by atoms with Crippen LogP contribution in [-0.4, -0.2) is 10.9 Å². The van der Waals surface area contributed by atoms with Crippen LogP contribution in [0.1, 0.15) is 15.9 Å². The molecule has 0 aliphatic carbocycles. The molecule has 144 valence electrons. The molecule has 0 fully saturated rings. The van der Waals surface area contributed by atoms with Crippen LogP contribution in [-0.2, 0) is 0 Å². The molecule has 1 amide bonds. The summed E-state index contributed by atoms with van der Waals surface area (Å²) < 4.78 is 20.0. The Bertz CT molecular complexity index is 1280. The predicted octanol–water partition coefficient (Wildman–Crippen LogP) is 5.41. The first-order chi connectivity index (χ1) is 14.0. The summed E-state index contributed by atoms with van der Waals surface area (Å²) in [6.07, 6.45) is 1.65. The van der Waals surface area contributed by atoms with E-state index < -0.39 is 11.7 Å². The van der Waals surface area contributed by atoms with E-state index in [0.717, 1.165) is 5.56 Å². The molecule has 7 heteroatoms. The molecule has 0 aliphatic rings. The first-order valence-electron chi connectivity index (χ1n) is 8.76. The van der Waals surface area contributed by atoms with Crippen LogP contribution >= 0.6 is 11.6 Å². The molecule has 0 saturated carbocycles. The van der Waals surface area contributed by atoms with Crippen LogP contribution in [0.25, 0.3) is 11.0 Å². The van der Waals surface area contributed by atoms with E-state index in [-0.39, 0.29) is 16.8 Å². The third kappa shape index (κ3) is 4.17. The van der Waals surface area contributed by atoms with E-state index in [2.05, 4.69) is 15.3 Å². The molecule has 2 heterocycles. The van der Waals surface area contributed by atoms with Gasteiger partial charge in [-0.15, -0.1) is 0 Å². The minimum Gasteiger partial charge on any atom is -0.438 e. The highest BCUT2D eigenvalue weighted by atomic mass is 35.5. The van der Waals surface area contributed by atoms with Crippen molar-refractivity contribution >= 4 is 40.0 Å². The van der Waals surface area contributed by atoms with Gasteiger partial charge in [-0.05, 0) is 48.9 Å². The van der Waals surface area contributed by atoms with E-state index in [1.807, 2.05) is 25.1 Å². The summed E-state index contributed by atoms with van der Waals surface area (Å²) >= 11 is 5.96. The van der Waals surface area contributed by atoms with Crippen LogP contribution in [0.2, 0.25) is 5.02 Å². The van der Waals surface area contributed by atoms with Crippen molar-refractivity contribution in [1.82, 2.24) is 4.98 Å². The molecule has 0 aliphatic heterocycles. The Balaban J connectivity index is 1.86. The van der Waals surface area contributed by atoms with Gasteiger partial charge in [0, 0.05) is 16.6 Å². The average Bonchev–Trinajstić information content (AvgIpc) is 2.72. The van der Waals surface area contributed by atoms with Crippen molar-refractivity contribution in [2.75, 3.05) is 5.32 Å². The summed E-state index contributed by atoms with van der Waals surface area (Å²) in [7, 11) is 0. The Labute approximate surface area is 170 Å². The minimum atomic E-state index is -0.579. The third-order valence-corrected chi connectivity index (χ3v) is 4.42. The molecule has 0 spiro atoms. The van der Waals surface area contributed by atoms with E-state index in [1.54, 1.807) is 30.5 Å². The van der Waals surface area contributed by atoms with Gasteiger partial charge in [-0.3, -0.25) is 4.79 Å². The first kappa shape index (κ1) is 18.8. The molecule has 4 rings (SSSR count). The van der Waals surface area contributed by atoms with Crippen LogP contribution < -0.4 is 10.9 Å². The number of nitrogens with zero attached hydrogens (tertiary/aromatic N) is 2. The SMILES string of the molecule is Cc1ccc(NC(=O)c2cc3ccccc3oc2=Nc2cc(Cl)ccc2F)nc1. The second-order valence-electron chi connectivity index (χ2n) is 6.39. The second kappa shape index (κ2) is 7.85. The van der Waals surface area contributed by atoms with Crippen LogP contribution in [0.5, 0.6) is 0 Å². The van der Waals surface area contributed by atoms with Crippen molar-refractivity contribution < 1.29 is 13.6 Å². The van der Waals surface area contributed by atoms with E-state index in [0.29, 0.717) is 21.8 Å². The topological polar surface area (TPSA) is 67.5 Å². The van der Waals surface area contributed by atoms with Gasteiger partial charge in [0.25, 0.3) is 5.91 Å². The highest BCUT2D eigenvalue weighted by Crippen LogP contribution is 2.22. The average molecular weight is 408 g/mol. The molecule has 1 N–H and O–H groups in total. The van der Waals surface area contributed by atoms with Gasteiger partial charge in [0.15, 0.2) is 0 Å². The van der Waals surface area contributed by atoms with Gasteiger partial charge in [0.1, 0.15) is 28.5 Å². The van der Waals surface area contributed by atoms with E-state index in [4.69, 9.17) is 16.0 Å². The summed E-state index contributed by atoms with van der Waals surface area (Å²) in [4.78, 5) is 21.3. The quantitative estimate of drug-likeness (QED) is 0.493. The maximum Gasteiger partial charge on any atom is 0.262 e. The maximum absolute atomic E-state index is 14.2. The lowest BCUT2D eigenvalue weighted by Crippen LogP contribution is -2.22. The summed E-state index contributed by atoms with van der Waals surface area (Å²) in [5.74, 6) is -0.671. The van der Waals surface area contributed by atoms with Crippen molar-refractivity contribution in [3.63, 3.8) is 0 Å². The number of aromatic nitrogens is 1. The minimum absolute atomic E-state index is 0.0287. The lowest BCUT2D eigenvalue weighted by atomic mass is 10.1. The van der Waals surface area contributed by atoms with E-state index in [1.165, 1.54) is 18.2 Å². The number of nitrogens with one attached hydrogen (secondary N) is 1. The van der Waals surface area contributed by atoms with Gasteiger partial charge in [-0.25, -0.2) is 14.4 Å². The van der Waals surface area contributed by atoms with E-state index >= 15 is 0 Å². The van der Waals surface area contributed by atoms with Crippen LogP contribution in [0.15, 0.2) is 76.3 Å². The number of amides is 1. The highest BCUT2D eigenvalue weighted by molar-refractivity contribution is 6.30. The Morgan fingerprint density at radius 1 is 1.14 bits per heavy atom. The van der Waals surface area contributed by atoms with Crippen molar-refractivity contribution in [2.45, 2.75) is 6.92 Å². The van der Waals surface area contributed by atoms with Crippen LogP contribution in [0, 0.1) is 12.7 Å². The van der Waals surface area contributed by atoms with Gasteiger partial charge < -0.3 is 9.73 Å². The molecule has 0 radical (unpaired) electrons. The maximum atomic E-state index is 14.2. The summed E-state index contributed by atoms with van der Waals surface area (Å²) in [6, 6.07) is 16.3. The van der Waals surface area contributed by atoms with Crippen molar-refractivity contribution in [3.05, 3.63) is 94.4 Å². The lowest BCUT2D eigenvalue weighted by molar-refractivity contribution is 0.102. The smallest absolute Gasteiger partial charge is 0.262 e. The zero-order valence-corrected chi connectivity index (χ0v) is 16.1. The Morgan fingerprint density at radius 2 is 1.97 bits per heavy atom. The summed E-state index contributed by atoms with van der Waals surface area (Å²) in [5, 5.41) is 3.74. The molecule has 4 aromatic rings. The van der Waals surface area contributed by atoms with Crippen molar-refractivity contribution in [3.8, 4) is 0 Å². The lowest BCUT2D eigenvalue weighted by Gasteiger charge is -2.07. The van der Waals surface area contributed by atoms with Crippen LogP contribution in [0.3, 0.4) is 0 Å². The number of pyridine rings is 1. The largest absolute Gasteiger partial charge is 0.438 e. The second-order valence-corrected chi connectivity index (χ2v) is 6.82. The standard InChI is InChI=1S/C22H15ClFN3O2/c1-13-6-9-20(25-12-13)27-21(28)16-10-14-4-2-3-5-19(14)29-22(16)26-18-11-15(23)7-8-17(18)24/h2-12H,1H3,(H,25,27,28). The molecule has 29 heavy (non-hydrogen) atoms. The Morgan fingerprint density at radius 3 is 2.76 bits per heavy atom. The molecule has 5 nitrogen and oxygen atoms in total. The number of para-hydroxylation sites is 1. The molecule has 0 bridgehead atoms. The Kier molecular flexibility index (Phi) is 5.10. The number of aryl methyl sites for hydroxylation is 1. The highest BCUT2D eigenvalue weighted by Gasteiger charge is 2.14. The zero-order valence-electron chi connectivity index (χ0n) is 15.3. The number of carbonyl (C=O) groups excluding carboxylic acids is 1. The molecule has 2 aromatic carbocycles. The van der Waals surface area contributed by atoms with Gasteiger partial charge in [-0.1, -0.05) is 35.9 Å². The number of fused-ring (bicyclic) bond motifs is 1. The fraction of sp³-hybridized carbons (Fsp3) is 0.0455. The number of hydrogen-bond donors (Lipinski definition) is 1. The normalized spacial score (nSPS) is 11.6. The number of benzene rings is 2. The van der Waals surface area contributed by atoms with Gasteiger partial charge >= 0.3 is 0 Å². The number of carbonyl (C=O) groups is 1. The Hall–Kier alpha value is -3.51. The van der Waals surface area contributed by atoms with Gasteiger partial charge in [0.05, 0.1) is 0 Å². The van der Waals surface area contributed by atoms with E-state index in [9.17, 15) is 9.18 Å². The third-order valence-electron chi connectivity index (χ3n) is 4.18. The van der Waals surface area contributed by atoms with Gasteiger partial charge in [0.2, 0.25) is 5.55 Å². The molecule has 2 aromatic heterocycles. The fourth-order valence-electron chi connectivity index (χ4n) is 2.72. The summed E-state index contributed by atoms with van der Waals surface area (Å²) in [6.45, 7) is 1.90. The first-order valence-corrected chi connectivity index (χ1v) is 9.14. The molecular formula is C22H15ClFN3O2. The molecule has 0 unspecified atom stereocenters. The molecular weight excluding hydrogens is 393 g/mol. The van der Waals surface area contributed by atoms with Crippen molar-refractivity contribution in [1.29, 1.82) is 0 Å². The summed E-state index contributed by atoms with van der Waals surface area (Å²) in [5.41, 5.74) is 1.56. The number of rotatable bonds is 3. The number of hydrogen-bond acceptors (Lipinski definition) is 4. The molecule has 0 atom stereocenters. The van der Waals surface area contributed by atoms with Crippen molar-refractivity contribution in [2.24, 2.45) is 4.99 Å². The predicted molar refractivity (Wildman–Crippen MR) is 110 cm³/mol. The number of anilines is 1. The fourth-order valence-corrected chi connectivity index (χ4v) is 2.89.